The minimum Gasteiger partial charge on any atom is -0.484 e. The minimum absolute atomic E-state index is 0.259. The van der Waals surface area contributed by atoms with Crippen molar-refractivity contribution in [3.05, 3.63) is 23.2 Å². The number of oxime groups is 1. The molecule has 0 aliphatic heterocycles. The van der Waals surface area contributed by atoms with Crippen LogP contribution in [-0.4, -0.2) is 34.9 Å². The Kier molecular flexibility index (Phi) is 5.54. The zero-order valence-electron chi connectivity index (χ0n) is 13.9. The molecule has 5 nitrogen and oxygen atoms in total. The van der Waals surface area contributed by atoms with E-state index in [0.29, 0.717) is 4.99 Å². The Labute approximate surface area is 145 Å². The van der Waals surface area contributed by atoms with Crippen molar-refractivity contribution in [2.24, 2.45) is 5.16 Å². The molecule has 0 bridgehead atoms. The average molecular weight is 351 g/mol. The van der Waals surface area contributed by atoms with Crippen molar-refractivity contribution in [3.8, 4) is 5.75 Å². The lowest BCUT2D eigenvalue weighted by atomic mass is 10.1. The van der Waals surface area contributed by atoms with E-state index in [-0.39, 0.29) is 6.10 Å². The van der Waals surface area contributed by atoms with Crippen molar-refractivity contribution in [2.45, 2.75) is 39.3 Å². The average Bonchev–Trinajstić information content (AvgIpc) is 2.93. The molecular weight excluding hydrogens is 330 g/mol. The third-order valence-corrected chi connectivity index (χ3v) is 4.42. The van der Waals surface area contributed by atoms with Crippen LogP contribution in [-0.2, 0) is 4.84 Å². The van der Waals surface area contributed by atoms with Gasteiger partial charge in [-0.2, -0.15) is 0 Å². The first-order valence-electron chi connectivity index (χ1n) is 7.22. The third kappa shape index (κ3) is 4.62. The highest BCUT2D eigenvalue weighted by atomic mass is 32.1. The van der Waals surface area contributed by atoms with Gasteiger partial charge in [-0.25, -0.2) is 4.98 Å². The summed E-state index contributed by atoms with van der Waals surface area (Å²) in [4.78, 5) is 9.67. The summed E-state index contributed by atoms with van der Waals surface area (Å²) >= 11 is 7.04. The van der Waals surface area contributed by atoms with Gasteiger partial charge in [0.25, 0.3) is 0 Å². The number of rotatable bonds is 6. The molecule has 0 radical (unpaired) electrons. The smallest absolute Gasteiger partial charge is 0.146 e. The molecule has 0 fully saturated rings. The van der Waals surface area contributed by atoms with Crippen LogP contribution in [0.2, 0.25) is 0 Å². The lowest BCUT2D eigenvalue weighted by Crippen LogP contribution is -2.48. The molecule has 0 aliphatic carbocycles. The molecule has 0 spiro atoms. The predicted octanol–water partition coefficient (Wildman–Crippen LogP) is 3.70. The van der Waals surface area contributed by atoms with Gasteiger partial charge in [-0.1, -0.05) is 17.4 Å². The summed E-state index contributed by atoms with van der Waals surface area (Å²) in [5.74, 6) is 0.791. The van der Waals surface area contributed by atoms with Gasteiger partial charge in [-0.3, -0.25) is 0 Å². The Hall–Kier alpha value is -1.73. The van der Waals surface area contributed by atoms with Crippen molar-refractivity contribution in [1.29, 1.82) is 0 Å². The molecule has 2 rings (SSSR count). The molecule has 2 aromatic rings. The molecule has 1 aromatic carbocycles. The number of thiocarbonyl (C=S) groups is 1. The Bertz CT molecular complexity index is 725. The zero-order valence-corrected chi connectivity index (χ0v) is 15.5. The second kappa shape index (κ2) is 7.23. The lowest BCUT2D eigenvalue weighted by molar-refractivity contribution is 0.212. The zero-order chi connectivity index (χ0) is 17.0. The fourth-order valence-electron chi connectivity index (χ4n) is 2.07. The highest BCUT2D eigenvalue weighted by Crippen LogP contribution is 2.27. The largest absolute Gasteiger partial charge is 0.484 e. The van der Waals surface area contributed by atoms with Crippen LogP contribution >= 0.6 is 23.6 Å². The molecule has 7 heteroatoms. The molecule has 1 unspecified atom stereocenters. The number of thiazole rings is 1. The summed E-state index contributed by atoms with van der Waals surface area (Å²) in [6.07, 6.45) is 1.41. The molecule has 0 amide bonds. The number of ether oxygens (including phenoxy) is 1. The van der Waals surface area contributed by atoms with Gasteiger partial charge in [0.2, 0.25) is 0 Å². The molecule has 1 atom stereocenters. The number of benzene rings is 1. The maximum absolute atomic E-state index is 5.98. The third-order valence-electron chi connectivity index (χ3n) is 3.21. The summed E-state index contributed by atoms with van der Waals surface area (Å²) in [6, 6.07) is 3.98. The van der Waals surface area contributed by atoms with Crippen LogP contribution in [0, 0.1) is 6.92 Å². The SMILES string of the molecule is CON=CC(C)(C)NC(=S)C(C)Oc1cc(C)c2ncsc2c1. The van der Waals surface area contributed by atoms with Gasteiger partial charge in [0.15, 0.2) is 0 Å². The summed E-state index contributed by atoms with van der Waals surface area (Å²) in [7, 11) is 1.51. The van der Waals surface area contributed by atoms with E-state index in [9.17, 15) is 0 Å². The van der Waals surface area contributed by atoms with Crippen LogP contribution in [0.5, 0.6) is 5.75 Å². The maximum Gasteiger partial charge on any atom is 0.146 e. The quantitative estimate of drug-likeness (QED) is 0.488. The highest BCUT2D eigenvalue weighted by molar-refractivity contribution is 7.80. The van der Waals surface area contributed by atoms with E-state index in [4.69, 9.17) is 21.8 Å². The number of aromatic nitrogens is 1. The molecule has 1 heterocycles. The summed E-state index contributed by atoms with van der Waals surface area (Å²) in [5, 5.41) is 7.01. The van der Waals surface area contributed by atoms with E-state index in [1.807, 2.05) is 45.3 Å². The van der Waals surface area contributed by atoms with E-state index < -0.39 is 5.54 Å². The van der Waals surface area contributed by atoms with Gasteiger partial charge in [0.05, 0.1) is 27.5 Å². The van der Waals surface area contributed by atoms with Crippen LogP contribution in [0.3, 0.4) is 0 Å². The number of hydrogen-bond acceptors (Lipinski definition) is 6. The Balaban J connectivity index is 2.06. The fourth-order valence-corrected chi connectivity index (χ4v) is 3.16. The number of aryl methyl sites for hydroxylation is 1. The summed E-state index contributed by atoms with van der Waals surface area (Å²) in [5.41, 5.74) is 3.54. The molecule has 0 saturated carbocycles. The fraction of sp³-hybridized carbons (Fsp3) is 0.438. The maximum atomic E-state index is 5.98. The van der Waals surface area contributed by atoms with Crippen molar-refractivity contribution in [1.82, 2.24) is 10.3 Å². The van der Waals surface area contributed by atoms with Crippen molar-refractivity contribution in [2.75, 3.05) is 7.11 Å². The van der Waals surface area contributed by atoms with Gasteiger partial charge in [0.1, 0.15) is 24.0 Å². The van der Waals surface area contributed by atoms with Crippen LogP contribution in [0.1, 0.15) is 26.3 Å². The van der Waals surface area contributed by atoms with Gasteiger partial charge < -0.3 is 14.9 Å². The standard InChI is InChI=1S/C16H21N3O2S2/c1-10-6-12(7-13-14(10)17-9-23-13)21-11(2)15(22)19-16(3,4)8-18-20-5/h6-9,11H,1-5H3,(H,19,22). The predicted molar refractivity (Wildman–Crippen MR) is 99.8 cm³/mol. The van der Waals surface area contributed by atoms with Crippen molar-refractivity contribution < 1.29 is 9.57 Å². The van der Waals surface area contributed by atoms with Gasteiger partial charge >= 0.3 is 0 Å². The van der Waals surface area contributed by atoms with Crippen molar-refractivity contribution in [3.63, 3.8) is 0 Å². The van der Waals surface area contributed by atoms with E-state index in [1.54, 1.807) is 17.6 Å². The van der Waals surface area contributed by atoms with Crippen LogP contribution in [0.4, 0.5) is 0 Å². The molecule has 0 aliphatic rings. The molecule has 124 valence electrons. The summed E-state index contributed by atoms with van der Waals surface area (Å²) in [6.45, 7) is 7.87. The Morgan fingerprint density at radius 3 is 2.91 bits per heavy atom. The minimum atomic E-state index is -0.414. The number of nitrogens with zero attached hydrogens (tertiary/aromatic N) is 2. The van der Waals surface area contributed by atoms with E-state index in [2.05, 4.69) is 15.5 Å². The highest BCUT2D eigenvalue weighted by Gasteiger charge is 2.20. The van der Waals surface area contributed by atoms with Crippen LogP contribution in [0.25, 0.3) is 10.2 Å². The number of nitrogens with one attached hydrogen (secondary N) is 1. The van der Waals surface area contributed by atoms with E-state index in [0.717, 1.165) is 21.5 Å². The topological polar surface area (TPSA) is 55.7 Å². The second-order valence-electron chi connectivity index (χ2n) is 5.83. The molecule has 23 heavy (non-hydrogen) atoms. The molecular formula is C16H21N3O2S2. The van der Waals surface area contributed by atoms with Crippen molar-refractivity contribution >= 4 is 45.0 Å². The van der Waals surface area contributed by atoms with Gasteiger partial charge in [-0.15, -0.1) is 11.3 Å². The van der Waals surface area contributed by atoms with Crippen LogP contribution in [0.15, 0.2) is 22.8 Å². The Morgan fingerprint density at radius 2 is 2.22 bits per heavy atom. The number of hydrogen-bond donors (Lipinski definition) is 1. The normalized spacial score (nSPS) is 13.3. The number of fused-ring (bicyclic) bond motifs is 1. The van der Waals surface area contributed by atoms with Crippen LogP contribution < -0.4 is 10.1 Å². The Morgan fingerprint density at radius 1 is 1.48 bits per heavy atom. The first-order valence-corrected chi connectivity index (χ1v) is 8.51. The van der Waals surface area contributed by atoms with E-state index >= 15 is 0 Å². The lowest BCUT2D eigenvalue weighted by Gasteiger charge is -2.26. The first-order chi connectivity index (χ1) is 10.8. The molecule has 1 N–H and O–H groups in total. The monoisotopic (exact) mass is 351 g/mol. The van der Waals surface area contributed by atoms with E-state index in [1.165, 1.54) is 7.11 Å². The second-order valence-corrected chi connectivity index (χ2v) is 7.15. The van der Waals surface area contributed by atoms with Gasteiger partial charge in [0, 0.05) is 0 Å². The first kappa shape index (κ1) is 17.6. The molecule has 1 aromatic heterocycles. The summed E-state index contributed by atoms with van der Waals surface area (Å²) < 4.78 is 7.09. The molecule has 0 saturated heterocycles. The van der Waals surface area contributed by atoms with Gasteiger partial charge in [-0.05, 0) is 45.4 Å².